The van der Waals surface area contributed by atoms with Crippen molar-refractivity contribution in [2.45, 2.75) is 18.0 Å². The van der Waals surface area contributed by atoms with Crippen LogP contribution < -0.4 is 9.64 Å². The van der Waals surface area contributed by atoms with Gasteiger partial charge in [0.2, 0.25) is 0 Å². The predicted octanol–water partition coefficient (Wildman–Crippen LogP) is 6.06. The minimum Gasteiger partial charge on any atom is -0.497 e. The lowest BCUT2D eigenvalue weighted by molar-refractivity contribution is -0.384. The number of carbonyl (C=O) groups excluding carboxylic acids is 3. The molecule has 0 bridgehead atoms. The van der Waals surface area contributed by atoms with E-state index in [1.165, 1.54) is 43.5 Å². The molecule has 4 aromatic carbocycles. The van der Waals surface area contributed by atoms with Crippen molar-refractivity contribution in [3.8, 4) is 5.75 Å². The summed E-state index contributed by atoms with van der Waals surface area (Å²) in [6, 6.07) is 21.0. The Morgan fingerprint density at radius 3 is 2.28 bits per heavy atom. The molecule has 0 amide bonds. The van der Waals surface area contributed by atoms with Crippen LogP contribution in [0.15, 0.2) is 97.1 Å². The average molecular weight is 575 g/mol. The van der Waals surface area contributed by atoms with Crippen molar-refractivity contribution < 1.29 is 28.4 Å². The summed E-state index contributed by atoms with van der Waals surface area (Å²) in [5, 5.41) is 11.5. The zero-order valence-corrected chi connectivity index (χ0v) is 22.8. The van der Waals surface area contributed by atoms with Crippen LogP contribution in [0.25, 0.3) is 6.08 Å². The number of ketones is 3. The van der Waals surface area contributed by atoms with E-state index in [4.69, 9.17) is 4.74 Å². The normalized spacial score (nSPS) is 21.0. The molecule has 8 nitrogen and oxygen atoms in total. The third-order valence-electron chi connectivity index (χ3n) is 8.85. The summed E-state index contributed by atoms with van der Waals surface area (Å²) in [5.41, 5.74) is 0.275. The molecule has 1 spiro atoms. The molecule has 0 radical (unpaired) electrons. The zero-order valence-electron chi connectivity index (χ0n) is 22.8. The maximum atomic E-state index is 14.7. The molecule has 0 unspecified atom stereocenters. The van der Waals surface area contributed by atoms with Crippen LogP contribution in [0.4, 0.5) is 15.8 Å². The number of nitrogens with zero attached hydrogens (tertiary/aromatic N) is 2. The fourth-order valence-electron chi connectivity index (χ4n) is 7.07. The number of rotatable bonds is 5. The predicted molar refractivity (Wildman–Crippen MR) is 156 cm³/mol. The minimum atomic E-state index is -1.78. The quantitative estimate of drug-likeness (QED) is 0.123. The number of nitro groups is 1. The summed E-state index contributed by atoms with van der Waals surface area (Å²) in [5.74, 6) is -2.32. The van der Waals surface area contributed by atoms with E-state index >= 15 is 0 Å². The van der Waals surface area contributed by atoms with Crippen LogP contribution >= 0.6 is 0 Å². The maximum Gasteiger partial charge on any atom is 0.269 e. The Labute approximate surface area is 245 Å². The lowest BCUT2D eigenvalue weighted by Crippen LogP contribution is -2.48. The van der Waals surface area contributed by atoms with E-state index < -0.39 is 45.7 Å². The van der Waals surface area contributed by atoms with Crippen LogP contribution in [0.3, 0.4) is 0 Å². The van der Waals surface area contributed by atoms with Gasteiger partial charge in [0.1, 0.15) is 23.0 Å². The number of nitro benzene ring substituents is 1. The van der Waals surface area contributed by atoms with E-state index in [0.717, 1.165) is 0 Å². The van der Waals surface area contributed by atoms with E-state index in [-0.39, 0.29) is 22.6 Å². The molecule has 3 aliphatic rings. The number of carbonyl (C=O) groups is 3. The summed E-state index contributed by atoms with van der Waals surface area (Å²) >= 11 is 0. The largest absolute Gasteiger partial charge is 0.497 e. The Balaban J connectivity index is 1.54. The Morgan fingerprint density at radius 2 is 1.63 bits per heavy atom. The number of methoxy groups -OCH3 is 1. The molecular weight excluding hydrogens is 551 g/mol. The van der Waals surface area contributed by atoms with E-state index in [0.29, 0.717) is 28.1 Å². The second-order valence-corrected chi connectivity index (χ2v) is 10.9. The topological polar surface area (TPSA) is 107 Å². The van der Waals surface area contributed by atoms with Gasteiger partial charge in [0.15, 0.2) is 17.3 Å². The Bertz CT molecular complexity index is 1860. The SMILES string of the molecule is COc1cccc(C(=O)[C@@H]2[C@@H](c3ccc([N+](=O)[O-])cc3)C3(C(=O)c4ccccc4C3=O)[C@H]3C=Cc4cc(F)ccc4N23)c1. The van der Waals surface area contributed by atoms with Crippen LogP contribution in [0, 0.1) is 21.3 Å². The van der Waals surface area contributed by atoms with E-state index in [9.17, 15) is 28.9 Å². The van der Waals surface area contributed by atoms with E-state index in [2.05, 4.69) is 0 Å². The first-order valence-corrected chi connectivity index (χ1v) is 13.6. The summed E-state index contributed by atoms with van der Waals surface area (Å²) in [7, 11) is 1.48. The molecule has 0 aromatic heterocycles. The monoisotopic (exact) mass is 574 g/mol. The fourth-order valence-corrected chi connectivity index (χ4v) is 7.07. The fraction of sp³-hybridized carbons (Fsp3) is 0.147. The number of benzene rings is 4. The van der Waals surface area contributed by atoms with Gasteiger partial charge in [-0.25, -0.2) is 4.39 Å². The number of anilines is 1. The second-order valence-electron chi connectivity index (χ2n) is 10.9. The van der Waals surface area contributed by atoms with Gasteiger partial charge in [0.25, 0.3) is 5.69 Å². The molecule has 3 atom stereocenters. The second kappa shape index (κ2) is 9.55. The van der Waals surface area contributed by atoms with Crippen molar-refractivity contribution in [2.75, 3.05) is 12.0 Å². The molecule has 2 aliphatic heterocycles. The lowest BCUT2D eigenvalue weighted by atomic mass is 9.64. The Kier molecular flexibility index (Phi) is 5.88. The number of hydrogen-bond acceptors (Lipinski definition) is 7. The third kappa shape index (κ3) is 3.64. The van der Waals surface area contributed by atoms with Gasteiger partial charge in [0, 0.05) is 46.0 Å². The summed E-state index contributed by atoms with van der Waals surface area (Å²) in [4.78, 5) is 56.7. The van der Waals surface area contributed by atoms with Gasteiger partial charge in [0.05, 0.1) is 18.1 Å². The number of hydrogen-bond donors (Lipinski definition) is 0. The summed E-state index contributed by atoms with van der Waals surface area (Å²) in [6.07, 6.45) is 3.37. The molecule has 0 N–H and O–H groups in total. The van der Waals surface area contributed by atoms with Crippen LogP contribution in [-0.4, -0.2) is 41.5 Å². The van der Waals surface area contributed by atoms with Crippen molar-refractivity contribution in [1.29, 1.82) is 0 Å². The van der Waals surface area contributed by atoms with Crippen molar-refractivity contribution >= 4 is 34.8 Å². The van der Waals surface area contributed by atoms with Crippen molar-refractivity contribution in [3.05, 3.63) is 141 Å². The highest BCUT2D eigenvalue weighted by molar-refractivity contribution is 6.32. The number of halogens is 1. The van der Waals surface area contributed by atoms with Gasteiger partial charge >= 0.3 is 0 Å². The third-order valence-corrected chi connectivity index (χ3v) is 8.85. The first kappa shape index (κ1) is 26.5. The van der Waals surface area contributed by atoms with Gasteiger partial charge < -0.3 is 9.64 Å². The molecule has 2 heterocycles. The van der Waals surface area contributed by atoms with Crippen LogP contribution in [0.2, 0.25) is 0 Å². The number of non-ortho nitro benzene ring substituents is 1. The molecule has 43 heavy (non-hydrogen) atoms. The molecule has 4 aromatic rings. The molecule has 7 rings (SSSR count). The van der Waals surface area contributed by atoms with Crippen LogP contribution in [0.1, 0.15) is 48.1 Å². The molecule has 1 aliphatic carbocycles. The van der Waals surface area contributed by atoms with Gasteiger partial charge in [-0.2, -0.15) is 0 Å². The standard InChI is InChI=1S/C34H23FN2O6/c1-43-24-6-4-5-21(18-24)31(38)30-29(19-9-13-23(14-10-19)37(41)42)34(32(39)25-7-2-3-8-26(25)33(34)40)28-16-11-20-17-22(35)12-15-27(20)36(28)30/h2-18,28-30H,1H3/t28-,29-,30+/m1/s1. The van der Waals surface area contributed by atoms with Gasteiger partial charge in [-0.15, -0.1) is 0 Å². The van der Waals surface area contributed by atoms with Gasteiger partial charge in [-0.1, -0.05) is 60.7 Å². The Morgan fingerprint density at radius 1 is 0.930 bits per heavy atom. The zero-order chi connectivity index (χ0) is 30.0. The first-order valence-electron chi connectivity index (χ1n) is 13.6. The van der Waals surface area contributed by atoms with Gasteiger partial charge in [-0.05, 0) is 35.9 Å². The highest BCUT2D eigenvalue weighted by Crippen LogP contribution is 2.61. The van der Waals surface area contributed by atoms with Crippen LogP contribution in [0.5, 0.6) is 5.75 Å². The molecule has 1 saturated heterocycles. The maximum absolute atomic E-state index is 14.7. The smallest absolute Gasteiger partial charge is 0.269 e. The van der Waals surface area contributed by atoms with Crippen molar-refractivity contribution in [1.82, 2.24) is 0 Å². The summed E-state index contributed by atoms with van der Waals surface area (Å²) < 4.78 is 19.8. The van der Waals surface area contributed by atoms with Gasteiger partial charge in [-0.3, -0.25) is 24.5 Å². The molecule has 9 heteroatoms. The Hall–Kier alpha value is -5.44. The lowest BCUT2D eigenvalue weighted by Gasteiger charge is -2.37. The number of fused-ring (bicyclic) bond motifs is 5. The van der Waals surface area contributed by atoms with Crippen LogP contribution in [-0.2, 0) is 0 Å². The molecule has 212 valence electrons. The highest BCUT2D eigenvalue weighted by Gasteiger charge is 2.71. The molecule has 1 fully saturated rings. The summed E-state index contributed by atoms with van der Waals surface area (Å²) in [6.45, 7) is 0. The highest BCUT2D eigenvalue weighted by atomic mass is 19.1. The number of Topliss-reactive ketones (excluding diaryl/α,β-unsaturated/α-hetero) is 3. The first-order chi connectivity index (χ1) is 20.8. The van der Waals surface area contributed by atoms with E-state index in [1.807, 2.05) is 0 Å². The van der Waals surface area contributed by atoms with Crippen molar-refractivity contribution in [2.24, 2.45) is 5.41 Å². The molecule has 0 saturated carbocycles. The minimum absolute atomic E-state index is 0.169. The average Bonchev–Trinajstić information content (AvgIpc) is 3.46. The van der Waals surface area contributed by atoms with E-state index in [1.54, 1.807) is 71.6 Å². The van der Waals surface area contributed by atoms with Crippen molar-refractivity contribution in [3.63, 3.8) is 0 Å². The molecular formula is C34H23FN2O6. The number of ether oxygens (including phenoxy) is 1.